The number of carboxylic acid groups (broad SMARTS) is 2. The summed E-state index contributed by atoms with van der Waals surface area (Å²) in [6.45, 7) is 4.22. The standard InChI is InChI=1S/C21H23N5O.2C2HF3O2/c27-21-6-3-9-25(21)14-19-13-24(12-18-10-22-15-26(18)19)11-17-8-7-16-4-1-2-5-20(16)23-17;2*3-2(4,5)1(6)7/h1-2,4-5,7-8,10,15,19H,3,6,9,11-14H2;2*(H,6,7). The van der Waals surface area contributed by atoms with Gasteiger partial charge in [-0.2, -0.15) is 26.3 Å². The fourth-order valence-electron chi connectivity index (χ4n) is 4.31. The smallest absolute Gasteiger partial charge is 0.475 e. The SMILES string of the molecule is O=C(O)C(F)(F)F.O=C(O)C(F)(F)F.O=C1CCCN1CC1CN(Cc2ccc3ccccc3n2)Cc2cncn21. The molecule has 3 aromatic rings. The molecule has 222 valence electrons. The molecule has 2 aliphatic heterocycles. The lowest BCUT2D eigenvalue weighted by Gasteiger charge is -2.36. The molecule has 0 aliphatic carbocycles. The average Bonchev–Trinajstić information content (AvgIpc) is 3.52. The number of fused-ring (bicyclic) bond motifs is 2. The molecular formula is C25H25F6N5O5. The number of para-hydroxylation sites is 1. The molecule has 41 heavy (non-hydrogen) atoms. The van der Waals surface area contributed by atoms with Crippen molar-refractivity contribution >= 4 is 28.7 Å². The van der Waals surface area contributed by atoms with Gasteiger partial charge in [0.25, 0.3) is 0 Å². The molecule has 4 heterocycles. The number of carbonyl (C=O) groups excluding carboxylic acids is 1. The number of carboxylic acids is 2. The summed E-state index contributed by atoms with van der Waals surface area (Å²) in [6, 6.07) is 12.7. The molecular weight excluding hydrogens is 564 g/mol. The Morgan fingerprint density at radius 1 is 0.976 bits per heavy atom. The van der Waals surface area contributed by atoms with Crippen molar-refractivity contribution in [2.24, 2.45) is 0 Å². The molecule has 16 heteroatoms. The number of rotatable bonds is 4. The Labute approximate surface area is 228 Å². The van der Waals surface area contributed by atoms with Gasteiger partial charge >= 0.3 is 24.3 Å². The normalized spacial score (nSPS) is 17.3. The molecule has 10 nitrogen and oxygen atoms in total. The molecule has 1 saturated heterocycles. The number of hydrogen-bond donors (Lipinski definition) is 2. The van der Waals surface area contributed by atoms with Crippen molar-refractivity contribution in [3.8, 4) is 0 Å². The van der Waals surface area contributed by atoms with Crippen molar-refractivity contribution in [2.75, 3.05) is 19.6 Å². The summed E-state index contributed by atoms with van der Waals surface area (Å²) in [7, 11) is 0. The summed E-state index contributed by atoms with van der Waals surface area (Å²) >= 11 is 0. The van der Waals surface area contributed by atoms with Crippen molar-refractivity contribution in [3.63, 3.8) is 0 Å². The fraction of sp³-hybridized carbons (Fsp3) is 0.400. The third-order valence-corrected chi connectivity index (χ3v) is 6.12. The highest BCUT2D eigenvalue weighted by Gasteiger charge is 2.39. The Balaban J connectivity index is 0.000000276. The van der Waals surface area contributed by atoms with E-state index in [1.165, 1.54) is 11.1 Å². The summed E-state index contributed by atoms with van der Waals surface area (Å²) in [4.78, 5) is 43.5. The van der Waals surface area contributed by atoms with Crippen LogP contribution < -0.4 is 0 Å². The van der Waals surface area contributed by atoms with Crippen molar-refractivity contribution in [1.82, 2.24) is 24.3 Å². The lowest BCUT2D eigenvalue weighted by Crippen LogP contribution is -2.42. The number of amides is 1. The van der Waals surface area contributed by atoms with E-state index in [1.54, 1.807) is 0 Å². The zero-order valence-corrected chi connectivity index (χ0v) is 21.3. The number of aromatic nitrogens is 3. The van der Waals surface area contributed by atoms with Gasteiger partial charge in [-0.3, -0.25) is 14.7 Å². The van der Waals surface area contributed by atoms with Crippen LogP contribution in [0.25, 0.3) is 10.9 Å². The highest BCUT2D eigenvalue weighted by atomic mass is 19.4. The van der Waals surface area contributed by atoms with Crippen LogP contribution in [0.1, 0.15) is 30.3 Å². The molecule has 1 fully saturated rings. The maximum Gasteiger partial charge on any atom is 0.490 e. The first-order valence-corrected chi connectivity index (χ1v) is 12.1. The van der Waals surface area contributed by atoms with Gasteiger partial charge in [-0.25, -0.2) is 14.6 Å². The summed E-state index contributed by atoms with van der Waals surface area (Å²) in [5, 5.41) is 15.4. The lowest BCUT2D eigenvalue weighted by molar-refractivity contribution is -0.193. The molecule has 0 bridgehead atoms. The third-order valence-electron chi connectivity index (χ3n) is 6.12. The molecule has 1 amide bonds. The Morgan fingerprint density at radius 2 is 1.61 bits per heavy atom. The van der Waals surface area contributed by atoms with Gasteiger partial charge in [-0.15, -0.1) is 0 Å². The van der Waals surface area contributed by atoms with E-state index in [-0.39, 0.29) is 11.9 Å². The number of alkyl halides is 6. The third kappa shape index (κ3) is 8.89. The Bertz CT molecular complexity index is 1350. The maximum atomic E-state index is 12.1. The minimum Gasteiger partial charge on any atom is -0.475 e. The van der Waals surface area contributed by atoms with Gasteiger partial charge in [0.1, 0.15) is 0 Å². The second-order valence-electron chi connectivity index (χ2n) is 9.16. The number of benzene rings is 1. The molecule has 0 radical (unpaired) electrons. The van der Waals surface area contributed by atoms with Crippen molar-refractivity contribution in [2.45, 2.75) is 44.3 Å². The van der Waals surface area contributed by atoms with Gasteiger partial charge in [0, 0.05) is 50.7 Å². The van der Waals surface area contributed by atoms with E-state index < -0.39 is 24.3 Å². The van der Waals surface area contributed by atoms with Crippen molar-refractivity contribution < 1.29 is 50.9 Å². The van der Waals surface area contributed by atoms with Crippen LogP contribution in [0.4, 0.5) is 26.3 Å². The largest absolute Gasteiger partial charge is 0.490 e. The maximum absolute atomic E-state index is 12.1. The second-order valence-corrected chi connectivity index (χ2v) is 9.16. The summed E-state index contributed by atoms with van der Waals surface area (Å²) in [5.74, 6) is -5.23. The number of halogens is 6. The average molecular weight is 589 g/mol. The van der Waals surface area contributed by atoms with Crippen molar-refractivity contribution in [3.05, 3.63) is 60.3 Å². The van der Waals surface area contributed by atoms with Gasteiger partial charge in [0.2, 0.25) is 5.91 Å². The van der Waals surface area contributed by atoms with Gasteiger partial charge in [0.05, 0.1) is 29.3 Å². The quantitative estimate of drug-likeness (QED) is 0.439. The number of likely N-dealkylation sites (tertiary alicyclic amines) is 1. The van der Waals surface area contributed by atoms with Crippen molar-refractivity contribution in [1.29, 1.82) is 0 Å². The number of pyridine rings is 1. The van der Waals surface area contributed by atoms with E-state index in [2.05, 4.69) is 38.7 Å². The highest BCUT2D eigenvalue weighted by molar-refractivity contribution is 5.78. The Kier molecular flexibility index (Phi) is 9.91. The number of hydrogen-bond acceptors (Lipinski definition) is 6. The summed E-state index contributed by atoms with van der Waals surface area (Å²) < 4.78 is 65.7. The van der Waals surface area contributed by atoms with Crippen LogP contribution in [0, 0.1) is 0 Å². The first-order valence-electron chi connectivity index (χ1n) is 12.1. The minimum absolute atomic E-state index is 0.249. The number of nitrogens with zero attached hydrogens (tertiary/aromatic N) is 5. The van der Waals surface area contributed by atoms with Crippen LogP contribution >= 0.6 is 0 Å². The molecule has 2 N–H and O–H groups in total. The minimum atomic E-state index is -5.08. The molecule has 0 saturated carbocycles. The van der Waals surface area contributed by atoms with Crippen LogP contribution in [0.2, 0.25) is 0 Å². The van der Waals surface area contributed by atoms with E-state index >= 15 is 0 Å². The number of aliphatic carboxylic acids is 2. The zero-order valence-electron chi connectivity index (χ0n) is 21.3. The summed E-state index contributed by atoms with van der Waals surface area (Å²) in [5.41, 5.74) is 3.33. The van der Waals surface area contributed by atoms with Crippen LogP contribution in [-0.4, -0.2) is 84.4 Å². The van der Waals surface area contributed by atoms with Crippen LogP contribution in [-0.2, 0) is 27.5 Å². The predicted molar refractivity (Wildman–Crippen MR) is 130 cm³/mol. The molecule has 1 aromatic carbocycles. The molecule has 2 aliphatic rings. The first kappa shape index (κ1) is 31.3. The van der Waals surface area contributed by atoms with E-state index in [0.29, 0.717) is 6.42 Å². The second kappa shape index (κ2) is 13.0. The summed E-state index contributed by atoms with van der Waals surface area (Å²) in [6.07, 6.45) is -4.65. The Hall–Kier alpha value is -4.21. The van der Waals surface area contributed by atoms with E-state index in [1.807, 2.05) is 29.6 Å². The number of carbonyl (C=O) groups is 3. The molecule has 1 unspecified atom stereocenters. The highest BCUT2D eigenvalue weighted by Crippen LogP contribution is 2.25. The van der Waals surface area contributed by atoms with Gasteiger partial charge in [0.15, 0.2) is 0 Å². The number of imidazole rings is 1. The van der Waals surface area contributed by atoms with Crippen LogP contribution in [0.3, 0.4) is 0 Å². The lowest BCUT2D eigenvalue weighted by atomic mass is 10.1. The van der Waals surface area contributed by atoms with Gasteiger partial charge in [-0.1, -0.05) is 24.3 Å². The zero-order chi connectivity index (χ0) is 30.4. The molecule has 0 spiro atoms. The topological polar surface area (TPSA) is 129 Å². The van der Waals surface area contributed by atoms with E-state index in [0.717, 1.165) is 50.4 Å². The van der Waals surface area contributed by atoms with E-state index in [9.17, 15) is 31.1 Å². The Morgan fingerprint density at radius 3 is 2.20 bits per heavy atom. The van der Waals surface area contributed by atoms with E-state index in [4.69, 9.17) is 24.8 Å². The molecule has 2 aromatic heterocycles. The first-order chi connectivity index (χ1) is 19.1. The fourth-order valence-corrected chi connectivity index (χ4v) is 4.31. The van der Waals surface area contributed by atoms with Gasteiger partial charge < -0.3 is 19.7 Å². The monoisotopic (exact) mass is 589 g/mol. The van der Waals surface area contributed by atoms with Crippen LogP contribution in [0.15, 0.2) is 48.9 Å². The van der Waals surface area contributed by atoms with Gasteiger partial charge in [-0.05, 0) is 18.6 Å². The van der Waals surface area contributed by atoms with Crippen LogP contribution in [0.5, 0.6) is 0 Å². The predicted octanol–water partition coefficient (Wildman–Crippen LogP) is 3.88. The molecule has 5 rings (SSSR count). The molecule has 1 atom stereocenters.